The molecular weight excluding hydrogens is 256 g/mol. The van der Waals surface area contributed by atoms with Crippen molar-refractivity contribution >= 4 is 11.8 Å². The number of rotatable bonds is 9. The van der Waals surface area contributed by atoms with Gasteiger partial charge in [0, 0.05) is 12.8 Å². The zero-order valence-electron chi connectivity index (χ0n) is 12.1. The van der Waals surface area contributed by atoms with Gasteiger partial charge in [-0.1, -0.05) is 37.3 Å². The van der Waals surface area contributed by atoms with Crippen LogP contribution in [0.5, 0.6) is 0 Å². The molecule has 0 aliphatic rings. The topological polar surface area (TPSA) is 52.6 Å². The fourth-order valence-corrected chi connectivity index (χ4v) is 1.80. The fraction of sp³-hybridized carbons (Fsp3) is 0.500. The van der Waals surface area contributed by atoms with Gasteiger partial charge in [0.15, 0.2) is 6.10 Å². The summed E-state index contributed by atoms with van der Waals surface area (Å²) >= 11 is 0. The second-order valence-electron chi connectivity index (χ2n) is 4.53. The molecule has 0 N–H and O–H groups in total. The van der Waals surface area contributed by atoms with Crippen LogP contribution in [0, 0.1) is 0 Å². The third kappa shape index (κ3) is 5.97. The van der Waals surface area contributed by atoms with Crippen molar-refractivity contribution in [3.63, 3.8) is 0 Å². The molecule has 0 aliphatic carbocycles. The zero-order chi connectivity index (χ0) is 14.8. The van der Waals surface area contributed by atoms with Crippen LogP contribution in [-0.2, 0) is 25.7 Å². The van der Waals surface area contributed by atoms with E-state index in [1.165, 1.54) is 0 Å². The average molecular weight is 278 g/mol. The first kappa shape index (κ1) is 16.4. The van der Waals surface area contributed by atoms with Crippen molar-refractivity contribution < 1.29 is 19.1 Å². The summed E-state index contributed by atoms with van der Waals surface area (Å²) in [5, 5.41) is 0. The van der Waals surface area contributed by atoms with E-state index in [-0.39, 0.29) is 18.8 Å². The van der Waals surface area contributed by atoms with Crippen molar-refractivity contribution in [1.29, 1.82) is 0 Å². The molecule has 1 atom stereocenters. The molecular formula is C16H22O4. The molecule has 1 unspecified atom stereocenters. The minimum absolute atomic E-state index is 0.0265. The lowest BCUT2D eigenvalue weighted by Gasteiger charge is -2.16. The lowest BCUT2D eigenvalue weighted by atomic mass is 10.1. The van der Waals surface area contributed by atoms with Gasteiger partial charge in [0.2, 0.25) is 0 Å². The molecule has 0 spiro atoms. The summed E-state index contributed by atoms with van der Waals surface area (Å²) in [6.07, 6.45) is 0.506. The van der Waals surface area contributed by atoms with Crippen molar-refractivity contribution in [3.05, 3.63) is 35.9 Å². The van der Waals surface area contributed by atoms with Gasteiger partial charge in [-0.15, -0.1) is 0 Å². The molecule has 4 nitrogen and oxygen atoms in total. The first-order valence-electron chi connectivity index (χ1n) is 7.01. The van der Waals surface area contributed by atoms with E-state index >= 15 is 0 Å². The van der Waals surface area contributed by atoms with Crippen LogP contribution in [0.3, 0.4) is 0 Å². The maximum absolute atomic E-state index is 11.8. The minimum Gasteiger partial charge on any atom is -0.464 e. The summed E-state index contributed by atoms with van der Waals surface area (Å²) in [6, 6.07) is 9.55. The van der Waals surface area contributed by atoms with Crippen LogP contribution in [0.15, 0.2) is 30.3 Å². The summed E-state index contributed by atoms with van der Waals surface area (Å²) in [6.45, 7) is 4.25. The monoisotopic (exact) mass is 278 g/mol. The third-order valence-electron chi connectivity index (χ3n) is 2.79. The predicted octanol–water partition coefficient (Wildman–Crippen LogP) is 2.89. The van der Waals surface area contributed by atoms with Gasteiger partial charge >= 0.3 is 5.97 Å². The van der Waals surface area contributed by atoms with Gasteiger partial charge in [0.25, 0.3) is 0 Å². The second-order valence-corrected chi connectivity index (χ2v) is 4.53. The Morgan fingerprint density at radius 2 is 1.85 bits per heavy atom. The van der Waals surface area contributed by atoms with Crippen molar-refractivity contribution in [3.8, 4) is 0 Å². The number of ether oxygens (including phenoxy) is 2. The number of ketones is 1. The van der Waals surface area contributed by atoms with E-state index in [0.717, 1.165) is 12.0 Å². The van der Waals surface area contributed by atoms with Crippen LogP contribution in [0.2, 0.25) is 0 Å². The Bertz CT molecular complexity index is 414. The Morgan fingerprint density at radius 1 is 1.15 bits per heavy atom. The number of Topliss-reactive ketones (excluding diaryl/α,β-unsaturated/α-hetero) is 1. The Morgan fingerprint density at radius 3 is 2.45 bits per heavy atom. The Balaban J connectivity index is 2.57. The maximum Gasteiger partial charge on any atom is 0.335 e. The number of carbonyl (C=O) groups is 2. The summed E-state index contributed by atoms with van der Waals surface area (Å²) in [7, 11) is 0. The number of esters is 1. The maximum atomic E-state index is 11.8. The highest BCUT2D eigenvalue weighted by Crippen LogP contribution is 2.10. The van der Waals surface area contributed by atoms with Gasteiger partial charge in [-0.2, -0.15) is 0 Å². The molecule has 0 saturated carbocycles. The van der Waals surface area contributed by atoms with E-state index in [1.807, 2.05) is 37.3 Å². The number of hydrogen-bond donors (Lipinski definition) is 0. The molecule has 0 heterocycles. The number of carbonyl (C=O) groups excluding carboxylic acids is 2. The van der Waals surface area contributed by atoms with Crippen LogP contribution in [-0.4, -0.2) is 24.5 Å². The van der Waals surface area contributed by atoms with Crippen LogP contribution >= 0.6 is 0 Å². The van der Waals surface area contributed by atoms with Crippen LogP contribution in [0.1, 0.15) is 38.7 Å². The lowest BCUT2D eigenvalue weighted by molar-refractivity contribution is -0.159. The largest absolute Gasteiger partial charge is 0.464 e. The zero-order valence-corrected chi connectivity index (χ0v) is 12.1. The average Bonchev–Trinajstić information content (AvgIpc) is 2.45. The van der Waals surface area contributed by atoms with E-state index in [9.17, 15) is 9.59 Å². The summed E-state index contributed by atoms with van der Waals surface area (Å²) < 4.78 is 10.5. The fourth-order valence-electron chi connectivity index (χ4n) is 1.80. The normalized spacial score (nSPS) is 11.9. The molecule has 0 saturated heterocycles. The number of benzene rings is 1. The standard InChI is InChI=1S/C16H22O4/c1-3-8-14(17)11-15(16(18)19-4-2)20-12-13-9-6-5-7-10-13/h5-7,9-10,15H,3-4,8,11-12H2,1-2H3. The van der Waals surface area contributed by atoms with Crippen molar-refractivity contribution in [1.82, 2.24) is 0 Å². The molecule has 0 fully saturated rings. The summed E-state index contributed by atoms with van der Waals surface area (Å²) in [5.41, 5.74) is 0.963. The lowest BCUT2D eigenvalue weighted by Crippen LogP contribution is -2.29. The van der Waals surface area contributed by atoms with Gasteiger partial charge < -0.3 is 9.47 Å². The summed E-state index contributed by atoms with van der Waals surface area (Å²) in [5.74, 6) is -0.438. The molecule has 0 aromatic heterocycles. The van der Waals surface area contributed by atoms with E-state index in [1.54, 1.807) is 6.92 Å². The Hall–Kier alpha value is -1.68. The number of hydrogen-bond acceptors (Lipinski definition) is 4. The SMILES string of the molecule is CCCC(=O)CC(OCc1ccccc1)C(=O)OCC. The third-order valence-corrected chi connectivity index (χ3v) is 2.79. The first-order valence-corrected chi connectivity index (χ1v) is 7.01. The quantitative estimate of drug-likeness (QED) is 0.652. The molecule has 0 radical (unpaired) electrons. The summed E-state index contributed by atoms with van der Waals surface area (Å²) in [4.78, 5) is 23.5. The molecule has 110 valence electrons. The van der Waals surface area contributed by atoms with Crippen molar-refractivity contribution in [2.45, 2.75) is 45.8 Å². The van der Waals surface area contributed by atoms with E-state index in [4.69, 9.17) is 9.47 Å². The molecule has 1 aromatic carbocycles. The molecule has 4 heteroatoms. The smallest absolute Gasteiger partial charge is 0.335 e. The van der Waals surface area contributed by atoms with Crippen LogP contribution in [0.4, 0.5) is 0 Å². The Kier molecular flexibility index (Phi) is 7.58. The highest BCUT2D eigenvalue weighted by Gasteiger charge is 2.23. The molecule has 0 aliphatic heterocycles. The van der Waals surface area contributed by atoms with E-state index in [2.05, 4.69) is 0 Å². The Labute approximate surface area is 120 Å². The van der Waals surface area contributed by atoms with Gasteiger partial charge in [-0.25, -0.2) is 4.79 Å². The van der Waals surface area contributed by atoms with Gasteiger partial charge in [-0.05, 0) is 18.9 Å². The molecule has 1 aromatic rings. The van der Waals surface area contributed by atoms with Crippen molar-refractivity contribution in [2.75, 3.05) is 6.61 Å². The van der Waals surface area contributed by atoms with Gasteiger partial charge in [-0.3, -0.25) is 4.79 Å². The van der Waals surface area contributed by atoms with Crippen LogP contribution < -0.4 is 0 Å². The molecule has 0 bridgehead atoms. The van der Waals surface area contributed by atoms with E-state index < -0.39 is 12.1 Å². The predicted molar refractivity (Wildman–Crippen MR) is 76.2 cm³/mol. The van der Waals surface area contributed by atoms with Crippen molar-refractivity contribution in [2.24, 2.45) is 0 Å². The van der Waals surface area contributed by atoms with Gasteiger partial charge in [0.1, 0.15) is 5.78 Å². The highest BCUT2D eigenvalue weighted by molar-refractivity contribution is 5.85. The van der Waals surface area contributed by atoms with E-state index in [0.29, 0.717) is 13.0 Å². The molecule has 1 rings (SSSR count). The minimum atomic E-state index is -0.811. The van der Waals surface area contributed by atoms with Gasteiger partial charge in [0.05, 0.1) is 13.2 Å². The first-order chi connectivity index (χ1) is 9.67. The highest BCUT2D eigenvalue weighted by atomic mass is 16.6. The molecule has 20 heavy (non-hydrogen) atoms. The van der Waals surface area contributed by atoms with Crippen LogP contribution in [0.25, 0.3) is 0 Å². The second kappa shape index (κ2) is 9.26. The molecule has 0 amide bonds.